The van der Waals surface area contributed by atoms with E-state index in [9.17, 15) is 9.59 Å². The second kappa shape index (κ2) is 6.55. The SMILES string of the molecule is CC(C)c1ccccc1NC(=O)COC(=O)C1CCC1. The van der Waals surface area contributed by atoms with E-state index < -0.39 is 0 Å². The Kier molecular flexibility index (Phi) is 4.77. The van der Waals surface area contributed by atoms with E-state index in [1.807, 2.05) is 24.3 Å². The minimum Gasteiger partial charge on any atom is -0.455 e. The van der Waals surface area contributed by atoms with Gasteiger partial charge in [0.05, 0.1) is 5.92 Å². The van der Waals surface area contributed by atoms with Crippen LogP contribution in [0, 0.1) is 5.92 Å². The molecule has 108 valence electrons. The largest absolute Gasteiger partial charge is 0.455 e. The standard InChI is InChI=1S/C16H21NO3/c1-11(2)13-8-3-4-9-14(13)17-15(18)10-20-16(19)12-6-5-7-12/h3-4,8-9,11-12H,5-7,10H2,1-2H3,(H,17,18). The van der Waals surface area contributed by atoms with Crippen LogP contribution < -0.4 is 5.32 Å². The van der Waals surface area contributed by atoms with Crippen LogP contribution in [0.15, 0.2) is 24.3 Å². The number of ether oxygens (including phenoxy) is 1. The molecule has 4 heteroatoms. The van der Waals surface area contributed by atoms with Gasteiger partial charge in [-0.2, -0.15) is 0 Å². The van der Waals surface area contributed by atoms with Crippen molar-refractivity contribution in [1.82, 2.24) is 0 Å². The predicted molar refractivity (Wildman–Crippen MR) is 77.5 cm³/mol. The molecule has 0 aliphatic heterocycles. The summed E-state index contributed by atoms with van der Waals surface area (Å²) < 4.78 is 5.03. The Balaban J connectivity index is 1.86. The maximum atomic E-state index is 11.8. The number of para-hydroxylation sites is 1. The Morgan fingerprint density at radius 1 is 1.30 bits per heavy atom. The van der Waals surface area contributed by atoms with Crippen molar-refractivity contribution in [1.29, 1.82) is 0 Å². The molecule has 1 fully saturated rings. The normalized spacial score (nSPS) is 14.8. The molecule has 1 aromatic carbocycles. The summed E-state index contributed by atoms with van der Waals surface area (Å²) in [6, 6.07) is 7.67. The van der Waals surface area contributed by atoms with Crippen molar-refractivity contribution in [3.05, 3.63) is 29.8 Å². The molecule has 4 nitrogen and oxygen atoms in total. The second-order valence-electron chi connectivity index (χ2n) is 5.53. The van der Waals surface area contributed by atoms with E-state index >= 15 is 0 Å². The van der Waals surface area contributed by atoms with Gasteiger partial charge in [-0.25, -0.2) is 0 Å². The van der Waals surface area contributed by atoms with Crippen LogP contribution in [-0.4, -0.2) is 18.5 Å². The van der Waals surface area contributed by atoms with E-state index in [0.29, 0.717) is 5.92 Å². The van der Waals surface area contributed by atoms with E-state index in [0.717, 1.165) is 30.5 Å². The van der Waals surface area contributed by atoms with Gasteiger partial charge < -0.3 is 10.1 Å². The molecule has 0 unspecified atom stereocenters. The highest BCUT2D eigenvalue weighted by Gasteiger charge is 2.27. The Morgan fingerprint density at radius 2 is 2.00 bits per heavy atom. The second-order valence-corrected chi connectivity index (χ2v) is 5.53. The summed E-state index contributed by atoms with van der Waals surface area (Å²) in [5.41, 5.74) is 1.86. The quantitative estimate of drug-likeness (QED) is 0.840. The van der Waals surface area contributed by atoms with Gasteiger partial charge in [0.1, 0.15) is 0 Å². The lowest BCUT2D eigenvalue weighted by molar-refractivity contribution is -0.154. The summed E-state index contributed by atoms with van der Waals surface area (Å²) in [6.45, 7) is 3.94. The minimum absolute atomic E-state index is 0.00532. The Hall–Kier alpha value is -1.84. The number of rotatable bonds is 5. The van der Waals surface area contributed by atoms with E-state index in [1.165, 1.54) is 0 Å². The van der Waals surface area contributed by atoms with Crippen molar-refractivity contribution < 1.29 is 14.3 Å². The molecule has 0 heterocycles. The molecule has 0 saturated heterocycles. The minimum atomic E-state index is -0.286. The molecule has 0 aromatic heterocycles. The summed E-state index contributed by atoms with van der Waals surface area (Å²) >= 11 is 0. The van der Waals surface area contributed by atoms with Gasteiger partial charge >= 0.3 is 5.97 Å². The predicted octanol–water partition coefficient (Wildman–Crippen LogP) is 3.09. The van der Waals surface area contributed by atoms with Crippen LogP contribution in [0.4, 0.5) is 5.69 Å². The Labute approximate surface area is 119 Å². The summed E-state index contributed by atoms with van der Waals surface area (Å²) in [7, 11) is 0. The van der Waals surface area contributed by atoms with Gasteiger partial charge in [-0.15, -0.1) is 0 Å². The smallest absolute Gasteiger partial charge is 0.309 e. The average Bonchev–Trinajstić information content (AvgIpc) is 2.34. The molecule has 1 aliphatic carbocycles. The van der Waals surface area contributed by atoms with Crippen molar-refractivity contribution in [2.24, 2.45) is 5.92 Å². The lowest BCUT2D eigenvalue weighted by Gasteiger charge is -2.23. The number of nitrogens with one attached hydrogen (secondary N) is 1. The number of hydrogen-bond donors (Lipinski definition) is 1. The molecule has 20 heavy (non-hydrogen) atoms. The van der Waals surface area contributed by atoms with E-state index in [4.69, 9.17) is 4.74 Å². The van der Waals surface area contributed by atoms with Crippen LogP contribution in [-0.2, 0) is 14.3 Å². The summed E-state index contributed by atoms with van der Waals surface area (Å²) in [6.07, 6.45) is 2.85. The van der Waals surface area contributed by atoms with Crippen LogP contribution in [0.25, 0.3) is 0 Å². The highest BCUT2D eigenvalue weighted by Crippen LogP contribution is 2.27. The van der Waals surface area contributed by atoms with E-state index in [1.54, 1.807) is 0 Å². The molecule has 0 atom stereocenters. The highest BCUT2D eigenvalue weighted by atomic mass is 16.5. The number of amides is 1. The van der Waals surface area contributed by atoms with Crippen LogP contribution in [0.1, 0.15) is 44.6 Å². The highest BCUT2D eigenvalue weighted by molar-refractivity contribution is 5.93. The lowest BCUT2D eigenvalue weighted by Crippen LogP contribution is -2.28. The fourth-order valence-corrected chi connectivity index (χ4v) is 2.20. The van der Waals surface area contributed by atoms with E-state index in [-0.39, 0.29) is 24.4 Å². The first-order valence-electron chi connectivity index (χ1n) is 7.13. The first kappa shape index (κ1) is 14.6. The van der Waals surface area contributed by atoms with E-state index in [2.05, 4.69) is 19.2 Å². The fourth-order valence-electron chi connectivity index (χ4n) is 2.20. The topological polar surface area (TPSA) is 55.4 Å². The third-order valence-electron chi connectivity index (χ3n) is 3.64. The molecule has 2 rings (SSSR count). The fraction of sp³-hybridized carbons (Fsp3) is 0.500. The van der Waals surface area contributed by atoms with Gasteiger partial charge in [0.15, 0.2) is 6.61 Å². The maximum Gasteiger partial charge on any atom is 0.309 e. The third kappa shape index (κ3) is 3.59. The zero-order chi connectivity index (χ0) is 14.5. The van der Waals surface area contributed by atoms with Crippen molar-refractivity contribution in [3.63, 3.8) is 0 Å². The summed E-state index contributed by atoms with van der Waals surface area (Å²) in [5, 5.41) is 2.81. The zero-order valence-electron chi connectivity index (χ0n) is 12.0. The van der Waals surface area contributed by atoms with Gasteiger partial charge in [0, 0.05) is 5.69 Å². The molecule has 0 radical (unpaired) electrons. The number of carbonyl (C=O) groups is 2. The first-order chi connectivity index (χ1) is 9.58. The third-order valence-corrected chi connectivity index (χ3v) is 3.64. The van der Waals surface area contributed by atoms with Gasteiger partial charge in [-0.05, 0) is 30.4 Å². The molecule has 1 aliphatic rings. The lowest BCUT2D eigenvalue weighted by atomic mass is 9.86. The van der Waals surface area contributed by atoms with Crippen LogP contribution in [0.3, 0.4) is 0 Å². The average molecular weight is 275 g/mol. The van der Waals surface area contributed by atoms with Crippen LogP contribution >= 0.6 is 0 Å². The Bertz CT molecular complexity index is 492. The molecule has 0 spiro atoms. The van der Waals surface area contributed by atoms with Crippen LogP contribution in [0.2, 0.25) is 0 Å². The molecule has 1 saturated carbocycles. The van der Waals surface area contributed by atoms with Crippen LogP contribution in [0.5, 0.6) is 0 Å². The van der Waals surface area contributed by atoms with Gasteiger partial charge in [0.2, 0.25) is 0 Å². The molecular weight excluding hydrogens is 254 g/mol. The van der Waals surface area contributed by atoms with Crippen molar-refractivity contribution in [3.8, 4) is 0 Å². The number of hydrogen-bond acceptors (Lipinski definition) is 3. The maximum absolute atomic E-state index is 11.8. The molecular formula is C16H21NO3. The summed E-state index contributed by atoms with van der Waals surface area (Å²) in [4.78, 5) is 23.4. The monoisotopic (exact) mass is 275 g/mol. The molecule has 1 aromatic rings. The van der Waals surface area contributed by atoms with Crippen molar-refractivity contribution >= 4 is 17.6 Å². The number of benzene rings is 1. The first-order valence-corrected chi connectivity index (χ1v) is 7.13. The van der Waals surface area contributed by atoms with Gasteiger partial charge in [-0.1, -0.05) is 38.5 Å². The number of esters is 1. The molecule has 0 bridgehead atoms. The van der Waals surface area contributed by atoms with Crippen molar-refractivity contribution in [2.75, 3.05) is 11.9 Å². The number of carbonyl (C=O) groups excluding carboxylic acids is 2. The van der Waals surface area contributed by atoms with Gasteiger partial charge in [0.25, 0.3) is 5.91 Å². The summed E-state index contributed by atoms with van der Waals surface area (Å²) in [5.74, 6) is -0.205. The number of anilines is 1. The molecule has 1 N–H and O–H groups in total. The Morgan fingerprint density at radius 3 is 2.60 bits per heavy atom. The molecule has 1 amide bonds. The zero-order valence-corrected chi connectivity index (χ0v) is 12.0. The van der Waals surface area contributed by atoms with Gasteiger partial charge in [-0.3, -0.25) is 9.59 Å². The van der Waals surface area contributed by atoms with Crippen molar-refractivity contribution in [2.45, 2.75) is 39.0 Å².